The molecule has 3 N–H and O–H groups in total. The van der Waals surface area contributed by atoms with Crippen molar-refractivity contribution in [2.75, 3.05) is 16.1 Å². The lowest BCUT2D eigenvalue weighted by molar-refractivity contribution is -0.133. The summed E-state index contributed by atoms with van der Waals surface area (Å²) in [5, 5.41) is 6.86. The van der Waals surface area contributed by atoms with Gasteiger partial charge in [-0.05, 0) is 54.6 Å². The first-order valence-electron chi connectivity index (χ1n) is 9.67. The molecule has 3 aromatic carbocycles. The first kappa shape index (κ1) is 23.9. The van der Waals surface area contributed by atoms with E-state index < -0.39 is 17.7 Å². The molecule has 0 aliphatic carbocycles. The predicted octanol–water partition coefficient (Wildman–Crippen LogP) is 6.22. The van der Waals surface area contributed by atoms with E-state index in [2.05, 4.69) is 16.1 Å². The molecule has 0 fully saturated rings. The third-order valence-corrected chi connectivity index (χ3v) is 5.99. The molecule has 172 valence electrons. The fourth-order valence-electron chi connectivity index (χ4n) is 3.17. The summed E-state index contributed by atoms with van der Waals surface area (Å²) in [6.45, 7) is 0. The summed E-state index contributed by atoms with van der Waals surface area (Å²) in [5.41, 5.74) is 3.56. The number of hydrogen-bond donors (Lipinski definition) is 3. The Morgan fingerprint density at radius 2 is 1.47 bits per heavy atom. The molecule has 4 rings (SSSR count). The Bertz CT molecular complexity index is 1450. The molecule has 1 aromatic heterocycles. The van der Waals surface area contributed by atoms with Crippen LogP contribution in [-0.4, -0.2) is 22.4 Å². The molecule has 0 aliphatic heterocycles. The summed E-state index contributed by atoms with van der Waals surface area (Å²) in [6.07, 6.45) is 0. The van der Waals surface area contributed by atoms with E-state index in [0.717, 1.165) is 0 Å². The lowest BCUT2D eigenvalue weighted by Crippen LogP contribution is -2.36. The van der Waals surface area contributed by atoms with Gasteiger partial charge >= 0.3 is 11.8 Å². The molecule has 0 bridgehead atoms. The van der Waals surface area contributed by atoms with E-state index in [0.29, 0.717) is 26.6 Å². The molecule has 34 heavy (non-hydrogen) atoms. The second kappa shape index (κ2) is 9.95. The molecule has 0 spiro atoms. The average molecular weight is 536 g/mol. The van der Waals surface area contributed by atoms with Crippen molar-refractivity contribution in [2.45, 2.75) is 0 Å². The van der Waals surface area contributed by atoms with Crippen molar-refractivity contribution < 1.29 is 14.4 Å². The maximum Gasteiger partial charge on any atom is 0.328 e. The van der Waals surface area contributed by atoms with Crippen molar-refractivity contribution in [2.24, 2.45) is 0 Å². The van der Waals surface area contributed by atoms with Crippen LogP contribution in [0, 0.1) is 0 Å². The number of carbonyl (C=O) groups excluding carboxylic acids is 3. The highest BCUT2D eigenvalue weighted by Crippen LogP contribution is 2.29. The molecular weight excluding hydrogens is 522 g/mol. The average Bonchev–Trinajstić information content (AvgIpc) is 3.14. The van der Waals surface area contributed by atoms with Gasteiger partial charge in [-0.1, -0.05) is 58.5 Å². The summed E-state index contributed by atoms with van der Waals surface area (Å²) in [6, 6.07) is 17.6. The Hall–Kier alpha value is -3.23. The minimum Gasteiger partial charge on any atom is -0.321 e. The number of amides is 3. The highest BCUT2D eigenvalue weighted by Gasteiger charge is 2.22. The predicted molar refractivity (Wildman–Crippen MR) is 136 cm³/mol. The molecule has 0 aliphatic rings. The first-order chi connectivity index (χ1) is 16.2. The fraction of sp³-hybridized carbons (Fsp3) is 0. The van der Waals surface area contributed by atoms with Crippen LogP contribution in [0.25, 0.3) is 10.9 Å². The van der Waals surface area contributed by atoms with E-state index in [9.17, 15) is 14.4 Å². The molecule has 0 radical (unpaired) electrons. The van der Waals surface area contributed by atoms with Crippen molar-refractivity contribution >= 4 is 86.4 Å². The van der Waals surface area contributed by atoms with Gasteiger partial charge in [0.1, 0.15) is 5.69 Å². The quantitative estimate of drug-likeness (QED) is 0.271. The number of anilines is 2. The van der Waals surface area contributed by atoms with E-state index in [4.69, 9.17) is 46.4 Å². The molecular formula is C23H14Cl4N4O3. The Morgan fingerprint density at radius 3 is 2.24 bits per heavy atom. The van der Waals surface area contributed by atoms with E-state index in [1.807, 2.05) is 0 Å². The van der Waals surface area contributed by atoms with E-state index >= 15 is 0 Å². The smallest absolute Gasteiger partial charge is 0.321 e. The Balaban J connectivity index is 1.64. The van der Waals surface area contributed by atoms with Crippen LogP contribution < -0.4 is 16.1 Å². The van der Waals surface area contributed by atoms with Gasteiger partial charge in [0.25, 0.3) is 5.91 Å². The van der Waals surface area contributed by atoms with Crippen LogP contribution >= 0.6 is 46.4 Å². The molecule has 0 unspecified atom stereocenters. The van der Waals surface area contributed by atoms with E-state index in [1.165, 1.54) is 16.8 Å². The van der Waals surface area contributed by atoms with Gasteiger partial charge in [-0.15, -0.1) is 0 Å². The monoisotopic (exact) mass is 534 g/mol. The second-order valence-corrected chi connectivity index (χ2v) is 8.69. The zero-order chi connectivity index (χ0) is 24.4. The zero-order valence-electron chi connectivity index (χ0n) is 17.0. The molecule has 0 saturated heterocycles. The molecule has 1 heterocycles. The molecule has 0 atom stereocenters. The Morgan fingerprint density at radius 1 is 0.735 bits per heavy atom. The van der Waals surface area contributed by atoms with Crippen molar-refractivity contribution in [3.8, 4) is 0 Å². The van der Waals surface area contributed by atoms with Gasteiger partial charge in [0.2, 0.25) is 0 Å². The summed E-state index contributed by atoms with van der Waals surface area (Å²) in [7, 11) is 0. The minimum atomic E-state index is -1.04. The van der Waals surface area contributed by atoms with Crippen molar-refractivity contribution in [1.82, 2.24) is 4.68 Å². The van der Waals surface area contributed by atoms with Crippen LogP contribution in [0.4, 0.5) is 11.4 Å². The van der Waals surface area contributed by atoms with Crippen LogP contribution in [0.1, 0.15) is 10.5 Å². The third kappa shape index (κ3) is 5.13. The van der Waals surface area contributed by atoms with Gasteiger partial charge in [0.15, 0.2) is 0 Å². The van der Waals surface area contributed by atoms with Crippen molar-refractivity contribution in [1.29, 1.82) is 0 Å². The van der Waals surface area contributed by atoms with Crippen molar-refractivity contribution in [3.63, 3.8) is 0 Å². The molecule has 3 amide bonds. The van der Waals surface area contributed by atoms with Crippen LogP contribution in [0.5, 0.6) is 0 Å². The number of nitrogens with zero attached hydrogens (tertiary/aromatic N) is 1. The first-order valence-corrected chi connectivity index (χ1v) is 11.2. The van der Waals surface area contributed by atoms with Gasteiger partial charge in [-0.3, -0.25) is 19.8 Å². The van der Waals surface area contributed by atoms with Gasteiger partial charge in [-0.25, -0.2) is 4.68 Å². The lowest BCUT2D eigenvalue weighted by Gasteiger charge is -2.13. The molecule has 4 aromatic rings. The summed E-state index contributed by atoms with van der Waals surface area (Å²) >= 11 is 24.1. The number of carbonyl (C=O) groups is 3. The lowest BCUT2D eigenvalue weighted by atomic mass is 10.2. The van der Waals surface area contributed by atoms with Crippen LogP contribution in [0.3, 0.4) is 0 Å². The van der Waals surface area contributed by atoms with Crippen LogP contribution in [0.2, 0.25) is 20.1 Å². The highest BCUT2D eigenvalue weighted by molar-refractivity contribution is 6.46. The number of rotatable bonds is 4. The van der Waals surface area contributed by atoms with Gasteiger partial charge < -0.3 is 10.6 Å². The SMILES string of the molecule is O=C(Nc1cccc(Cl)c1Cl)C(=O)Nn1c(C(=O)Nc2cccc(Cl)c2)cc2cc(Cl)ccc21. The number of aromatic nitrogens is 1. The van der Waals surface area contributed by atoms with Crippen molar-refractivity contribution in [3.05, 3.63) is 92.5 Å². The minimum absolute atomic E-state index is 0.0548. The summed E-state index contributed by atoms with van der Waals surface area (Å²) in [5.74, 6) is -2.60. The van der Waals surface area contributed by atoms with Gasteiger partial charge in [0, 0.05) is 21.1 Å². The summed E-state index contributed by atoms with van der Waals surface area (Å²) in [4.78, 5) is 38.3. The standard InChI is InChI=1S/C23H14Cl4N4O3/c24-13-3-1-4-15(11-13)28-21(32)19-10-12-9-14(25)7-8-18(12)31(19)30-23(34)22(33)29-17-6-2-5-16(26)20(17)27/h1-11H,(H,28,32)(H,29,33)(H,30,34). The maximum atomic E-state index is 13.0. The topological polar surface area (TPSA) is 92.2 Å². The van der Waals surface area contributed by atoms with E-state index in [-0.39, 0.29) is 21.4 Å². The van der Waals surface area contributed by atoms with Crippen LogP contribution in [0.15, 0.2) is 66.7 Å². The number of hydrogen-bond acceptors (Lipinski definition) is 3. The van der Waals surface area contributed by atoms with E-state index in [1.54, 1.807) is 54.6 Å². The number of fused-ring (bicyclic) bond motifs is 1. The molecule has 7 nitrogen and oxygen atoms in total. The number of halogens is 4. The zero-order valence-corrected chi connectivity index (χ0v) is 20.1. The fourth-order valence-corrected chi connectivity index (χ4v) is 3.89. The molecule has 11 heteroatoms. The number of benzene rings is 3. The second-order valence-electron chi connectivity index (χ2n) is 7.03. The highest BCUT2D eigenvalue weighted by atomic mass is 35.5. The maximum absolute atomic E-state index is 13.0. The third-order valence-electron chi connectivity index (χ3n) is 4.70. The van der Waals surface area contributed by atoms with Gasteiger partial charge in [-0.2, -0.15) is 0 Å². The normalized spacial score (nSPS) is 10.7. The number of nitrogens with one attached hydrogen (secondary N) is 3. The Kier molecular flexibility index (Phi) is 7.00. The Labute approximate surface area is 213 Å². The summed E-state index contributed by atoms with van der Waals surface area (Å²) < 4.78 is 1.20. The largest absolute Gasteiger partial charge is 0.328 e. The van der Waals surface area contributed by atoms with Gasteiger partial charge in [0.05, 0.1) is 21.2 Å². The molecule has 0 saturated carbocycles. The van der Waals surface area contributed by atoms with Crippen LogP contribution in [-0.2, 0) is 9.59 Å².